The monoisotopic (exact) mass is 362 g/mol. The van der Waals surface area contributed by atoms with E-state index in [2.05, 4.69) is 4.98 Å². The highest BCUT2D eigenvalue weighted by Crippen LogP contribution is 2.34. The number of hydrogen-bond acceptors (Lipinski definition) is 4. The number of hydrogen-bond donors (Lipinski definition) is 0. The second-order valence-corrected chi connectivity index (χ2v) is 8.56. The number of amides is 1. The molecule has 2 fully saturated rings. The van der Waals surface area contributed by atoms with Crippen LogP contribution in [0.2, 0.25) is 0 Å². The summed E-state index contributed by atoms with van der Waals surface area (Å²) < 4.78 is 61.5. The number of sulfone groups is 1. The molecule has 0 N–H and O–H groups in total. The van der Waals surface area contributed by atoms with E-state index in [0.717, 1.165) is 25.0 Å². The van der Waals surface area contributed by atoms with Gasteiger partial charge in [-0.1, -0.05) is 0 Å². The number of carbonyl (C=O) groups excluding carboxylic acids is 1. The van der Waals surface area contributed by atoms with Crippen LogP contribution in [0, 0.1) is 6.92 Å². The number of carbonyl (C=O) groups is 1. The smallest absolute Gasteiger partial charge is 0.332 e. The molecule has 0 spiro atoms. The standard InChI is InChI=1S/C15H17F3N2O3S/c1-9-12(4-5-13(19-9)15(16,17)18)14(21)20(10-2-3-10)11-6-7-24(22,23)8-11/h4-5,10-11H,2-3,6-8H2,1H3. The molecule has 2 aliphatic rings. The molecule has 1 aromatic rings. The summed E-state index contributed by atoms with van der Waals surface area (Å²) in [5.74, 6) is -0.473. The molecule has 9 heteroatoms. The minimum Gasteiger partial charge on any atom is -0.332 e. The van der Waals surface area contributed by atoms with Gasteiger partial charge in [-0.3, -0.25) is 4.79 Å². The molecule has 0 radical (unpaired) electrons. The third kappa shape index (κ3) is 3.40. The average molecular weight is 362 g/mol. The first-order chi connectivity index (χ1) is 11.1. The predicted molar refractivity (Wildman–Crippen MR) is 80.2 cm³/mol. The van der Waals surface area contributed by atoms with E-state index in [4.69, 9.17) is 0 Å². The van der Waals surface area contributed by atoms with E-state index < -0.39 is 33.7 Å². The van der Waals surface area contributed by atoms with E-state index in [0.29, 0.717) is 6.42 Å². The normalized spacial score (nSPS) is 23.2. The van der Waals surface area contributed by atoms with Gasteiger partial charge in [0.15, 0.2) is 9.84 Å². The quantitative estimate of drug-likeness (QED) is 0.827. The van der Waals surface area contributed by atoms with Crippen LogP contribution in [-0.2, 0) is 16.0 Å². The largest absolute Gasteiger partial charge is 0.433 e. The number of nitrogens with zero attached hydrogens (tertiary/aromatic N) is 2. The molecule has 5 nitrogen and oxygen atoms in total. The molecule has 24 heavy (non-hydrogen) atoms. The van der Waals surface area contributed by atoms with E-state index in [-0.39, 0.29) is 28.8 Å². The van der Waals surface area contributed by atoms with Crippen molar-refractivity contribution >= 4 is 15.7 Å². The number of pyridine rings is 1. The Morgan fingerprint density at radius 3 is 2.33 bits per heavy atom. The van der Waals surface area contributed by atoms with Crippen LogP contribution in [0.15, 0.2) is 12.1 Å². The molecule has 3 rings (SSSR count). The summed E-state index contributed by atoms with van der Waals surface area (Å²) in [5.41, 5.74) is -0.946. The molecular weight excluding hydrogens is 345 g/mol. The van der Waals surface area contributed by atoms with Gasteiger partial charge in [0.05, 0.1) is 22.8 Å². The zero-order chi connectivity index (χ0) is 17.7. The van der Waals surface area contributed by atoms with Crippen LogP contribution >= 0.6 is 0 Å². The van der Waals surface area contributed by atoms with Crippen LogP contribution in [0.4, 0.5) is 13.2 Å². The van der Waals surface area contributed by atoms with Gasteiger partial charge in [-0.05, 0) is 38.3 Å². The van der Waals surface area contributed by atoms with Gasteiger partial charge in [-0.2, -0.15) is 13.2 Å². The van der Waals surface area contributed by atoms with Crippen molar-refractivity contribution in [3.8, 4) is 0 Å². The fraction of sp³-hybridized carbons (Fsp3) is 0.600. The lowest BCUT2D eigenvalue weighted by molar-refractivity contribution is -0.141. The molecule has 1 atom stereocenters. The maximum atomic E-state index is 12.8. The van der Waals surface area contributed by atoms with Gasteiger partial charge in [0, 0.05) is 12.1 Å². The lowest BCUT2D eigenvalue weighted by Gasteiger charge is -2.29. The number of alkyl halides is 3. The van der Waals surface area contributed by atoms with Crippen molar-refractivity contribution in [2.75, 3.05) is 11.5 Å². The van der Waals surface area contributed by atoms with Crippen molar-refractivity contribution in [3.05, 3.63) is 29.1 Å². The topological polar surface area (TPSA) is 67.3 Å². The van der Waals surface area contributed by atoms with Crippen LogP contribution in [0.3, 0.4) is 0 Å². The molecule has 1 amide bonds. The number of rotatable bonds is 3. The molecule has 0 bridgehead atoms. The average Bonchev–Trinajstić information content (AvgIpc) is 3.22. The van der Waals surface area contributed by atoms with E-state index in [9.17, 15) is 26.4 Å². The van der Waals surface area contributed by atoms with E-state index in [1.54, 1.807) is 4.90 Å². The Hall–Kier alpha value is -1.64. The minimum absolute atomic E-state index is 0.00123. The Morgan fingerprint density at radius 1 is 1.21 bits per heavy atom. The molecule has 1 aromatic heterocycles. The number of aryl methyl sites for hydroxylation is 1. The Bertz CT molecular complexity index is 773. The summed E-state index contributed by atoms with van der Waals surface area (Å²) in [6.07, 6.45) is -2.62. The van der Waals surface area contributed by atoms with Crippen LogP contribution in [0.5, 0.6) is 0 Å². The summed E-state index contributed by atoms with van der Waals surface area (Å²) >= 11 is 0. The molecule has 132 valence electrons. The number of aromatic nitrogens is 1. The van der Waals surface area contributed by atoms with Crippen LogP contribution in [0.25, 0.3) is 0 Å². The van der Waals surface area contributed by atoms with Gasteiger partial charge >= 0.3 is 6.18 Å². The second kappa shape index (κ2) is 5.72. The third-order valence-electron chi connectivity index (χ3n) is 4.38. The first kappa shape index (κ1) is 17.2. The summed E-state index contributed by atoms with van der Waals surface area (Å²) in [7, 11) is -3.16. The lowest BCUT2D eigenvalue weighted by Crippen LogP contribution is -2.43. The van der Waals surface area contributed by atoms with E-state index >= 15 is 0 Å². The fourth-order valence-corrected chi connectivity index (χ4v) is 4.77. The minimum atomic E-state index is -4.57. The second-order valence-electron chi connectivity index (χ2n) is 6.33. The summed E-state index contributed by atoms with van der Waals surface area (Å²) in [6.45, 7) is 1.36. The molecule has 1 aliphatic carbocycles. The van der Waals surface area contributed by atoms with Crippen molar-refractivity contribution in [1.29, 1.82) is 0 Å². The van der Waals surface area contributed by atoms with Crippen LogP contribution in [0.1, 0.15) is 41.0 Å². The van der Waals surface area contributed by atoms with Crippen molar-refractivity contribution in [2.24, 2.45) is 0 Å². The molecule has 1 aliphatic heterocycles. The number of halogens is 3. The zero-order valence-corrected chi connectivity index (χ0v) is 13.8. The molecule has 1 saturated carbocycles. The van der Waals surface area contributed by atoms with Crippen LogP contribution in [-0.4, -0.2) is 47.8 Å². The third-order valence-corrected chi connectivity index (χ3v) is 6.13. The zero-order valence-electron chi connectivity index (χ0n) is 13.0. The first-order valence-electron chi connectivity index (χ1n) is 7.66. The van der Waals surface area contributed by atoms with Crippen molar-refractivity contribution in [3.63, 3.8) is 0 Å². The SMILES string of the molecule is Cc1nc(C(F)(F)F)ccc1C(=O)N(C1CC1)C1CCS(=O)(=O)C1. The summed E-state index contributed by atoms with van der Waals surface area (Å²) in [6, 6.07) is 1.48. The highest BCUT2D eigenvalue weighted by Gasteiger charge is 2.43. The molecular formula is C15H17F3N2O3S. The fourth-order valence-electron chi connectivity index (χ4n) is 3.06. The van der Waals surface area contributed by atoms with Gasteiger partial charge in [-0.25, -0.2) is 13.4 Å². The lowest BCUT2D eigenvalue weighted by atomic mass is 10.1. The van der Waals surface area contributed by atoms with Crippen molar-refractivity contribution in [2.45, 2.75) is 44.4 Å². The van der Waals surface area contributed by atoms with E-state index in [1.165, 1.54) is 6.92 Å². The predicted octanol–water partition coefficient (Wildman–Crippen LogP) is 2.20. The summed E-state index contributed by atoms with van der Waals surface area (Å²) in [5, 5.41) is 0. The van der Waals surface area contributed by atoms with Gasteiger partial charge < -0.3 is 4.90 Å². The highest BCUT2D eigenvalue weighted by molar-refractivity contribution is 7.91. The first-order valence-corrected chi connectivity index (χ1v) is 9.48. The van der Waals surface area contributed by atoms with Gasteiger partial charge in [0.25, 0.3) is 5.91 Å². The Balaban J connectivity index is 1.89. The van der Waals surface area contributed by atoms with Gasteiger partial charge in [0.2, 0.25) is 0 Å². The molecule has 0 aromatic carbocycles. The van der Waals surface area contributed by atoms with Crippen molar-refractivity contribution < 1.29 is 26.4 Å². The van der Waals surface area contributed by atoms with E-state index in [1.807, 2.05) is 0 Å². The Labute approximate surface area is 137 Å². The molecule has 2 heterocycles. The summed E-state index contributed by atoms with van der Waals surface area (Å²) in [4.78, 5) is 17.9. The maximum absolute atomic E-state index is 12.8. The van der Waals surface area contributed by atoms with Crippen LogP contribution < -0.4 is 0 Å². The Morgan fingerprint density at radius 2 is 1.88 bits per heavy atom. The molecule has 1 unspecified atom stereocenters. The van der Waals surface area contributed by atoms with Crippen molar-refractivity contribution in [1.82, 2.24) is 9.88 Å². The van der Waals surface area contributed by atoms with Gasteiger partial charge in [0.1, 0.15) is 5.69 Å². The molecule has 1 saturated heterocycles. The highest BCUT2D eigenvalue weighted by atomic mass is 32.2. The Kier molecular flexibility index (Phi) is 4.09. The van der Waals surface area contributed by atoms with Gasteiger partial charge in [-0.15, -0.1) is 0 Å². The maximum Gasteiger partial charge on any atom is 0.433 e.